The van der Waals surface area contributed by atoms with Gasteiger partial charge in [0.15, 0.2) is 6.61 Å². The summed E-state index contributed by atoms with van der Waals surface area (Å²) in [6.45, 7) is 2.05. The van der Waals surface area contributed by atoms with Crippen LogP contribution in [0.2, 0.25) is 0 Å². The lowest BCUT2D eigenvalue weighted by atomic mass is 10.1. The van der Waals surface area contributed by atoms with E-state index in [4.69, 9.17) is 9.15 Å². The van der Waals surface area contributed by atoms with Gasteiger partial charge in [0.25, 0.3) is 5.22 Å². The van der Waals surface area contributed by atoms with E-state index in [1.807, 2.05) is 67.6 Å². The van der Waals surface area contributed by atoms with Crippen LogP contribution in [-0.2, 0) is 4.74 Å². The van der Waals surface area contributed by atoms with Gasteiger partial charge in [0.1, 0.15) is 0 Å². The summed E-state index contributed by atoms with van der Waals surface area (Å²) in [4.78, 5) is 12.3. The van der Waals surface area contributed by atoms with Gasteiger partial charge in [-0.2, -0.15) is 0 Å². The Hall–Kier alpha value is -3.56. The first-order chi connectivity index (χ1) is 14.7. The number of fused-ring (bicyclic) bond motifs is 1. The Kier molecular flexibility index (Phi) is 6.11. The number of rotatable bonds is 5. The molecule has 0 aliphatic rings. The van der Waals surface area contributed by atoms with Gasteiger partial charge < -0.3 is 9.15 Å². The summed E-state index contributed by atoms with van der Waals surface area (Å²) in [7, 11) is 0. The van der Waals surface area contributed by atoms with Crippen LogP contribution in [0.4, 0.5) is 0 Å². The fourth-order valence-corrected chi connectivity index (χ4v) is 3.40. The predicted molar refractivity (Wildman–Crippen MR) is 117 cm³/mol. The molecule has 0 N–H and O–H groups in total. The van der Waals surface area contributed by atoms with Crippen LogP contribution in [0.5, 0.6) is 0 Å². The summed E-state index contributed by atoms with van der Waals surface area (Å²) >= 11 is 1.34. The monoisotopic (exact) mass is 414 g/mol. The van der Waals surface area contributed by atoms with Crippen LogP contribution < -0.4 is 0 Å². The summed E-state index contributed by atoms with van der Waals surface area (Å²) in [5, 5.41) is 10.4. The second-order valence-corrected chi connectivity index (χ2v) is 7.41. The maximum absolute atomic E-state index is 12.3. The second kappa shape index (κ2) is 9.29. The van der Waals surface area contributed by atoms with Crippen molar-refractivity contribution in [2.24, 2.45) is 0 Å². The Labute approximate surface area is 178 Å². The van der Waals surface area contributed by atoms with Crippen molar-refractivity contribution < 1.29 is 13.9 Å². The highest BCUT2D eigenvalue weighted by Gasteiger charge is 2.10. The maximum Gasteiger partial charge on any atom is 0.339 e. The molecule has 30 heavy (non-hydrogen) atoms. The standard InChI is InChI=1S/C24H18N2O3S/c1-17-11-13-19(14-12-17)22-25-26-24(29-22)30-16-5-4-15-28-23(27)21-10-6-8-18-7-2-3-9-20(18)21/h2-3,6-14H,15-16H2,1H3. The second-order valence-electron chi connectivity index (χ2n) is 6.48. The third kappa shape index (κ3) is 4.70. The zero-order chi connectivity index (χ0) is 20.8. The molecular formula is C24H18N2O3S. The van der Waals surface area contributed by atoms with Gasteiger partial charge in [0.2, 0.25) is 5.89 Å². The van der Waals surface area contributed by atoms with E-state index in [2.05, 4.69) is 22.0 Å². The van der Waals surface area contributed by atoms with Gasteiger partial charge in [-0.1, -0.05) is 77.7 Å². The lowest BCUT2D eigenvalue weighted by Gasteiger charge is -2.05. The zero-order valence-corrected chi connectivity index (χ0v) is 17.1. The number of hydrogen-bond acceptors (Lipinski definition) is 6. The molecule has 0 amide bonds. The number of hydrogen-bond donors (Lipinski definition) is 0. The third-order valence-electron chi connectivity index (χ3n) is 4.38. The molecule has 4 aromatic rings. The summed E-state index contributed by atoms with van der Waals surface area (Å²) in [5.41, 5.74) is 2.59. The number of esters is 1. The van der Waals surface area contributed by atoms with Crippen molar-refractivity contribution in [3.8, 4) is 23.3 Å². The molecule has 1 heterocycles. The fourth-order valence-electron chi connectivity index (χ4n) is 2.86. The highest BCUT2D eigenvalue weighted by Crippen LogP contribution is 2.23. The molecule has 0 saturated heterocycles. The average Bonchev–Trinajstić information content (AvgIpc) is 3.25. The average molecular weight is 414 g/mol. The van der Waals surface area contributed by atoms with Gasteiger partial charge in [-0.25, -0.2) is 4.79 Å². The molecule has 4 rings (SSSR count). The van der Waals surface area contributed by atoms with Crippen molar-refractivity contribution in [3.05, 3.63) is 77.9 Å². The largest absolute Gasteiger partial charge is 0.449 e. The molecule has 148 valence electrons. The highest BCUT2D eigenvalue weighted by molar-refractivity contribution is 7.99. The van der Waals surface area contributed by atoms with Crippen molar-refractivity contribution in [1.29, 1.82) is 0 Å². The van der Waals surface area contributed by atoms with Crippen molar-refractivity contribution in [1.82, 2.24) is 10.2 Å². The van der Waals surface area contributed by atoms with Gasteiger partial charge in [-0.3, -0.25) is 0 Å². The maximum atomic E-state index is 12.3. The smallest absolute Gasteiger partial charge is 0.339 e. The molecule has 3 aromatic carbocycles. The topological polar surface area (TPSA) is 65.2 Å². The number of ether oxygens (including phenoxy) is 1. The van der Waals surface area contributed by atoms with Gasteiger partial charge in [-0.15, -0.1) is 10.2 Å². The normalized spacial score (nSPS) is 10.4. The quantitative estimate of drug-likeness (QED) is 0.256. The number of aryl methyl sites for hydroxylation is 1. The van der Waals surface area contributed by atoms with E-state index in [0.717, 1.165) is 16.3 Å². The molecule has 0 unspecified atom stereocenters. The minimum absolute atomic E-state index is 0.0288. The number of carbonyl (C=O) groups is 1. The van der Waals surface area contributed by atoms with Crippen molar-refractivity contribution in [2.45, 2.75) is 12.1 Å². The first kappa shape index (κ1) is 19.7. The van der Waals surface area contributed by atoms with Gasteiger partial charge in [0, 0.05) is 5.56 Å². The molecular weight excluding hydrogens is 396 g/mol. The Bertz CT molecular complexity index is 1230. The lowest BCUT2D eigenvalue weighted by Crippen LogP contribution is -2.06. The van der Waals surface area contributed by atoms with Crippen LogP contribution in [0.1, 0.15) is 15.9 Å². The number of benzene rings is 3. The van der Waals surface area contributed by atoms with E-state index in [1.54, 1.807) is 6.07 Å². The van der Waals surface area contributed by atoms with Crippen LogP contribution in [0.3, 0.4) is 0 Å². The molecule has 0 aliphatic carbocycles. The van der Waals surface area contributed by atoms with Crippen molar-refractivity contribution in [3.63, 3.8) is 0 Å². The highest BCUT2D eigenvalue weighted by atomic mass is 32.2. The molecule has 0 fully saturated rings. The molecule has 6 heteroatoms. The SMILES string of the molecule is Cc1ccc(-c2nnc(SCC#CCOC(=O)c3cccc4ccccc34)o2)cc1. The van der Waals surface area contributed by atoms with Crippen molar-refractivity contribution >= 4 is 28.5 Å². The fraction of sp³-hybridized carbons (Fsp3) is 0.125. The van der Waals surface area contributed by atoms with Crippen LogP contribution in [0, 0.1) is 18.8 Å². The predicted octanol–water partition coefficient (Wildman–Crippen LogP) is 5.15. The summed E-state index contributed by atoms with van der Waals surface area (Å²) < 4.78 is 10.9. The summed E-state index contributed by atoms with van der Waals surface area (Å²) in [6, 6.07) is 21.2. The molecule has 0 bridgehead atoms. The van der Waals surface area contributed by atoms with E-state index < -0.39 is 0 Å². The first-order valence-electron chi connectivity index (χ1n) is 9.35. The molecule has 5 nitrogen and oxygen atoms in total. The zero-order valence-electron chi connectivity index (χ0n) is 16.3. The van der Waals surface area contributed by atoms with Gasteiger partial charge >= 0.3 is 5.97 Å². The summed E-state index contributed by atoms with van der Waals surface area (Å²) in [5.74, 6) is 6.35. The molecule has 0 aliphatic heterocycles. The van der Waals surface area contributed by atoms with Crippen LogP contribution >= 0.6 is 11.8 Å². The van der Waals surface area contributed by atoms with Crippen LogP contribution in [0.25, 0.3) is 22.2 Å². The van der Waals surface area contributed by atoms with E-state index in [1.165, 1.54) is 17.3 Å². The van der Waals surface area contributed by atoms with E-state index in [9.17, 15) is 4.79 Å². The third-order valence-corrected chi connectivity index (χ3v) is 5.08. The van der Waals surface area contributed by atoms with E-state index >= 15 is 0 Å². The van der Waals surface area contributed by atoms with Gasteiger partial charge in [-0.05, 0) is 35.9 Å². The lowest BCUT2D eigenvalue weighted by molar-refractivity contribution is 0.0559. The van der Waals surface area contributed by atoms with Crippen LogP contribution in [0.15, 0.2) is 76.4 Å². The minimum Gasteiger partial charge on any atom is -0.449 e. The van der Waals surface area contributed by atoms with Crippen molar-refractivity contribution in [2.75, 3.05) is 12.4 Å². The first-order valence-corrected chi connectivity index (χ1v) is 10.3. The van der Waals surface area contributed by atoms with E-state index in [-0.39, 0.29) is 12.6 Å². The summed E-state index contributed by atoms with van der Waals surface area (Å²) in [6.07, 6.45) is 0. The number of aromatic nitrogens is 2. The Morgan fingerprint density at radius 2 is 1.80 bits per heavy atom. The number of thioether (sulfide) groups is 1. The molecule has 0 spiro atoms. The van der Waals surface area contributed by atoms with Crippen LogP contribution in [-0.4, -0.2) is 28.5 Å². The molecule has 0 atom stereocenters. The van der Waals surface area contributed by atoms with E-state index in [0.29, 0.717) is 22.4 Å². The number of carbonyl (C=O) groups excluding carboxylic acids is 1. The minimum atomic E-state index is -0.381. The molecule has 0 saturated carbocycles. The number of nitrogens with zero attached hydrogens (tertiary/aromatic N) is 2. The Morgan fingerprint density at radius 3 is 2.67 bits per heavy atom. The molecule has 0 radical (unpaired) electrons. The van der Waals surface area contributed by atoms with Gasteiger partial charge in [0.05, 0.1) is 11.3 Å². The Balaban J connectivity index is 1.28. The molecule has 1 aromatic heterocycles. The Morgan fingerprint density at radius 1 is 1.00 bits per heavy atom.